The molecule has 2 aromatic carbocycles. The Balaban J connectivity index is 1.85. The Kier molecular flexibility index (Phi) is 3.19. The second-order valence-electron chi connectivity index (χ2n) is 5.21. The summed E-state index contributed by atoms with van der Waals surface area (Å²) < 4.78 is 21.6. The molecule has 23 heavy (non-hydrogen) atoms. The molecule has 4 rings (SSSR count). The van der Waals surface area contributed by atoms with Crippen LogP contribution in [0.25, 0.3) is 22.1 Å². The SMILES string of the molecule is COc1ccc2cc(-c3ccc4c(c3)OCCO4)c(=O)oc2c1. The van der Waals surface area contributed by atoms with Gasteiger partial charge in [0.15, 0.2) is 11.5 Å². The predicted molar refractivity (Wildman–Crippen MR) is 85.5 cm³/mol. The highest BCUT2D eigenvalue weighted by molar-refractivity contribution is 5.83. The van der Waals surface area contributed by atoms with Crippen molar-refractivity contribution in [1.82, 2.24) is 0 Å². The quantitative estimate of drug-likeness (QED) is 0.680. The first-order valence-corrected chi connectivity index (χ1v) is 7.26. The van der Waals surface area contributed by atoms with Crippen LogP contribution >= 0.6 is 0 Å². The van der Waals surface area contributed by atoms with Gasteiger partial charge in [-0.25, -0.2) is 4.79 Å². The summed E-state index contributed by atoms with van der Waals surface area (Å²) in [4.78, 5) is 12.3. The van der Waals surface area contributed by atoms with Gasteiger partial charge in [-0.15, -0.1) is 0 Å². The topological polar surface area (TPSA) is 57.9 Å². The zero-order valence-electron chi connectivity index (χ0n) is 12.5. The number of ether oxygens (including phenoxy) is 3. The van der Waals surface area contributed by atoms with E-state index in [2.05, 4.69) is 0 Å². The van der Waals surface area contributed by atoms with Crippen LogP contribution in [0, 0.1) is 0 Å². The van der Waals surface area contributed by atoms with Gasteiger partial charge in [-0.05, 0) is 35.9 Å². The zero-order valence-corrected chi connectivity index (χ0v) is 12.5. The second-order valence-corrected chi connectivity index (χ2v) is 5.21. The molecule has 0 saturated carbocycles. The first-order valence-electron chi connectivity index (χ1n) is 7.26. The minimum absolute atomic E-state index is 0.401. The number of hydrogen-bond donors (Lipinski definition) is 0. The average molecular weight is 310 g/mol. The third kappa shape index (κ3) is 2.40. The van der Waals surface area contributed by atoms with Gasteiger partial charge in [-0.2, -0.15) is 0 Å². The first-order chi connectivity index (χ1) is 11.2. The van der Waals surface area contributed by atoms with Crippen molar-refractivity contribution in [3.8, 4) is 28.4 Å². The minimum atomic E-state index is -0.401. The number of fused-ring (bicyclic) bond motifs is 2. The van der Waals surface area contributed by atoms with E-state index in [-0.39, 0.29) is 0 Å². The van der Waals surface area contributed by atoms with Gasteiger partial charge in [0, 0.05) is 11.5 Å². The smallest absolute Gasteiger partial charge is 0.344 e. The van der Waals surface area contributed by atoms with Crippen molar-refractivity contribution in [3.05, 3.63) is 52.9 Å². The lowest BCUT2D eigenvalue weighted by Crippen LogP contribution is -2.15. The third-order valence-electron chi connectivity index (χ3n) is 3.80. The van der Waals surface area contributed by atoms with Crippen LogP contribution in [0.3, 0.4) is 0 Å². The molecule has 0 spiro atoms. The Morgan fingerprint density at radius 1 is 0.957 bits per heavy atom. The van der Waals surface area contributed by atoms with E-state index in [4.69, 9.17) is 18.6 Å². The zero-order chi connectivity index (χ0) is 15.8. The molecular weight excluding hydrogens is 296 g/mol. The average Bonchev–Trinajstić information content (AvgIpc) is 2.60. The van der Waals surface area contributed by atoms with Crippen LogP contribution in [0.5, 0.6) is 17.2 Å². The van der Waals surface area contributed by atoms with Gasteiger partial charge < -0.3 is 18.6 Å². The fourth-order valence-electron chi connectivity index (χ4n) is 2.63. The number of rotatable bonds is 2. The maximum absolute atomic E-state index is 12.3. The summed E-state index contributed by atoms with van der Waals surface area (Å²) in [7, 11) is 1.57. The van der Waals surface area contributed by atoms with Crippen LogP contribution < -0.4 is 19.8 Å². The van der Waals surface area contributed by atoms with E-state index in [9.17, 15) is 4.79 Å². The largest absolute Gasteiger partial charge is 0.497 e. The van der Waals surface area contributed by atoms with Gasteiger partial charge in [0.25, 0.3) is 0 Å². The highest BCUT2D eigenvalue weighted by Gasteiger charge is 2.15. The molecule has 0 unspecified atom stereocenters. The predicted octanol–water partition coefficient (Wildman–Crippen LogP) is 3.24. The molecule has 0 saturated heterocycles. The summed E-state index contributed by atoms with van der Waals surface area (Å²) in [5.74, 6) is 1.98. The Labute approximate surface area is 132 Å². The molecule has 0 amide bonds. The van der Waals surface area contributed by atoms with Crippen LogP contribution in [0.4, 0.5) is 0 Å². The summed E-state index contributed by atoms with van der Waals surface area (Å²) in [5.41, 5.74) is 1.32. The van der Waals surface area contributed by atoms with Gasteiger partial charge in [-0.3, -0.25) is 0 Å². The molecule has 0 N–H and O–H groups in total. The molecule has 3 aromatic rings. The highest BCUT2D eigenvalue weighted by Crippen LogP contribution is 2.34. The van der Waals surface area contributed by atoms with E-state index in [0.29, 0.717) is 41.6 Å². The highest BCUT2D eigenvalue weighted by atomic mass is 16.6. The Morgan fingerprint density at radius 2 is 1.78 bits per heavy atom. The van der Waals surface area contributed by atoms with Crippen molar-refractivity contribution >= 4 is 11.0 Å². The van der Waals surface area contributed by atoms with Crippen LogP contribution in [-0.2, 0) is 0 Å². The van der Waals surface area contributed by atoms with Crippen LogP contribution in [0.1, 0.15) is 0 Å². The van der Waals surface area contributed by atoms with Gasteiger partial charge >= 0.3 is 5.63 Å². The Morgan fingerprint density at radius 3 is 2.61 bits per heavy atom. The number of benzene rings is 2. The van der Waals surface area contributed by atoms with E-state index in [1.54, 1.807) is 19.2 Å². The molecule has 0 aliphatic carbocycles. The molecule has 1 aliphatic rings. The first kappa shape index (κ1) is 13.7. The number of hydrogen-bond acceptors (Lipinski definition) is 5. The van der Waals surface area contributed by atoms with Gasteiger partial charge in [0.1, 0.15) is 24.5 Å². The molecule has 1 aromatic heterocycles. The van der Waals surface area contributed by atoms with Crippen LogP contribution in [0.15, 0.2) is 51.7 Å². The lowest BCUT2D eigenvalue weighted by atomic mass is 10.1. The summed E-state index contributed by atoms with van der Waals surface area (Å²) in [6, 6.07) is 12.6. The van der Waals surface area contributed by atoms with Crippen LogP contribution in [0.2, 0.25) is 0 Å². The van der Waals surface area contributed by atoms with Crippen LogP contribution in [-0.4, -0.2) is 20.3 Å². The molecular formula is C18H14O5. The molecule has 2 heterocycles. The lowest BCUT2D eigenvalue weighted by Gasteiger charge is -2.18. The summed E-state index contributed by atoms with van der Waals surface area (Å²) >= 11 is 0. The van der Waals surface area contributed by atoms with Crippen molar-refractivity contribution in [3.63, 3.8) is 0 Å². The van der Waals surface area contributed by atoms with Crippen molar-refractivity contribution < 1.29 is 18.6 Å². The van der Waals surface area contributed by atoms with Gasteiger partial charge in [0.05, 0.1) is 12.7 Å². The molecule has 0 bridgehead atoms. The summed E-state index contributed by atoms with van der Waals surface area (Å²) in [6.45, 7) is 1.04. The Hall–Kier alpha value is -2.95. The minimum Gasteiger partial charge on any atom is -0.497 e. The van der Waals surface area contributed by atoms with Crippen molar-refractivity contribution in [1.29, 1.82) is 0 Å². The maximum Gasteiger partial charge on any atom is 0.344 e. The Bertz CT molecular complexity index is 942. The molecule has 1 aliphatic heterocycles. The standard InChI is InChI=1S/C18H14O5/c1-20-13-4-2-12-8-14(18(19)23-16(12)10-13)11-3-5-15-17(9-11)22-7-6-21-15/h2-5,8-10H,6-7H2,1H3. The third-order valence-corrected chi connectivity index (χ3v) is 3.80. The van der Waals surface area contributed by atoms with E-state index < -0.39 is 5.63 Å². The van der Waals surface area contributed by atoms with Crippen molar-refractivity contribution in [2.45, 2.75) is 0 Å². The normalized spacial score (nSPS) is 13.1. The molecule has 0 fully saturated rings. The van der Waals surface area contributed by atoms with Gasteiger partial charge in [-0.1, -0.05) is 6.07 Å². The van der Waals surface area contributed by atoms with E-state index >= 15 is 0 Å². The second kappa shape index (κ2) is 5.35. The van der Waals surface area contributed by atoms with Gasteiger partial charge in [0.2, 0.25) is 0 Å². The molecule has 0 atom stereocenters. The van der Waals surface area contributed by atoms with E-state index in [1.165, 1.54) is 0 Å². The fraction of sp³-hybridized carbons (Fsp3) is 0.167. The fourth-order valence-corrected chi connectivity index (χ4v) is 2.63. The van der Waals surface area contributed by atoms with Crippen molar-refractivity contribution in [2.75, 3.05) is 20.3 Å². The van der Waals surface area contributed by atoms with E-state index in [0.717, 1.165) is 10.9 Å². The van der Waals surface area contributed by atoms with Crippen molar-refractivity contribution in [2.24, 2.45) is 0 Å². The molecule has 0 radical (unpaired) electrons. The number of methoxy groups -OCH3 is 1. The molecule has 116 valence electrons. The maximum atomic E-state index is 12.3. The molecule has 5 nitrogen and oxygen atoms in total. The lowest BCUT2D eigenvalue weighted by molar-refractivity contribution is 0.171. The van der Waals surface area contributed by atoms with E-state index in [1.807, 2.05) is 30.3 Å². The summed E-state index contributed by atoms with van der Waals surface area (Å²) in [6.07, 6.45) is 0. The molecule has 5 heteroatoms. The monoisotopic (exact) mass is 310 g/mol. The summed E-state index contributed by atoms with van der Waals surface area (Å²) in [5, 5.41) is 0.829.